The fourth-order valence-electron chi connectivity index (χ4n) is 2.49. The number of carbonyl (C=O) groups excluding carboxylic acids is 1. The molecule has 134 valence electrons. The van der Waals surface area contributed by atoms with E-state index in [-0.39, 0.29) is 17.4 Å². The van der Waals surface area contributed by atoms with Gasteiger partial charge in [0.1, 0.15) is 5.75 Å². The number of hydrogen-bond acceptors (Lipinski definition) is 6. The number of nitrogens with one attached hydrogen (secondary N) is 1. The highest BCUT2D eigenvalue weighted by molar-refractivity contribution is 7.99. The van der Waals surface area contributed by atoms with Crippen molar-refractivity contribution in [1.82, 2.24) is 10.2 Å². The second kappa shape index (κ2) is 8.05. The number of anilines is 1. The average Bonchev–Trinajstić information content (AvgIpc) is 3.11. The first kappa shape index (κ1) is 18.0. The fraction of sp³-hybridized carbons (Fsp3) is 0.211. The summed E-state index contributed by atoms with van der Waals surface area (Å²) in [6.45, 7) is 4.03. The molecule has 2 N–H and O–H groups in total. The topological polar surface area (TPSA) is 88.2 Å². The molecule has 1 aromatic heterocycles. The van der Waals surface area contributed by atoms with E-state index in [9.17, 15) is 9.90 Å². The van der Waals surface area contributed by atoms with E-state index in [2.05, 4.69) is 22.4 Å². The highest BCUT2D eigenvalue weighted by Gasteiger charge is 2.13. The number of phenols is 1. The molecule has 0 saturated heterocycles. The van der Waals surface area contributed by atoms with Crippen LogP contribution in [-0.4, -0.2) is 27.0 Å². The Bertz CT molecular complexity index is 907. The van der Waals surface area contributed by atoms with Gasteiger partial charge >= 0.3 is 0 Å². The van der Waals surface area contributed by atoms with Gasteiger partial charge in [0, 0.05) is 11.3 Å². The maximum absolute atomic E-state index is 12.3. The first-order valence-electron chi connectivity index (χ1n) is 8.21. The lowest BCUT2D eigenvalue weighted by Gasteiger charge is -2.12. The van der Waals surface area contributed by atoms with Gasteiger partial charge in [-0.3, -0.25) is 4.79 Å². The Kier molecular flexibility index (Phi) is 5.58. The summed E-state index contributed by atoms with van der Waals surface area (Å²) < 4.78 is 5.56. The van der Waals surface area contributed by atoms with Gasteiger partial charge in [-0.25, -0.2) is 0 Å². The summed E-state index contributed by atoms with van der Waals surface area (Å²) in [6, 6.07) is 12.5. The Morgan fingerprint density at radius 2 is 1.96 bits per heavy atom. The number of thioether (sulfide) groups is 1. The lowest BCUT2D eigenvalue weighted by atomic mass is 10.1. The van der Waals surface area contributed by atoms with Gasteiger partial charge in [-0.1, -0.05) is 36.9 Å². The third-order valence-electron chi connectivity index (χ3n) is 3.85. The van der Waals surface area contributed by atoms with Gasteiger partial charge in [0.25, 0.3) is 5.22 Å². The van der Waals surface area contributed by atoms with Gasteiger partial charge in [0.15, 0.2) is 0 Å². The van der Waals surface area contributed by atoms with Crippen molar-refractivity contribution in [3.05, 3.63) is 53.6 Å². The minimum absolute atomic E-state index is 0.122. The van der Waals surface area contributed by atoms with Gasteiger partial charge in [-0.15, -0.1) is 10.2 Å². The zero-order valence-corrected chi connectivity index (χ0v) is 15.3. The predicted molar refractivity (Wildman–Crippen MR) is 101 cm³/mol. The summed E-state index contributed by atoms with van der Waals surface area (Å²) in [4.78, 5) is 12.3. The fourth-order valence-corrected chi connectivity index (χ4v) is 3.06. The van der Waals surface area contributed by atoms with Crippen molar-refractivity contribution in [2.75, 3.05) is 11.1 Å². The Labute approximate surface area is 155 Å². The normalized spacial score (nSPS) is 10.7. The van der Waals surface area contributed by atoms with Crippen LogP contribution in [0.15, 0.2) is 52.1 Å². The van der Waals surface area contributed by atoms with Gasteiger partial charge in [0.05, 0.1) is 5.75 Å². The van der Waals surface area contributed by atoms with Crippen molar-refractivity contribution in [1.29, 1.82) is 0 Å². The largest absolute Gasteiger partial charge is 0.508 e. The van der Waals surface area contributed by atoms with Gasteiger partial charge < -0.3 is 14.8 Å². The highest BCUT2D eigenvalue weighted by Crippen LogP contribution is 2.25. The third-order valence-corrected chi connectivity index (χ3v) is 4.67. The second-order valence-corrected chi connectivity index (χ2v) is 6.65. The molecule has 0 fully saturated rings. The SMILES string of the molecule is CCc1cccc(C)c1NC(=O)CSc1nnc(-c2ccc(O)cc2)o1. The van der Waals surface area contributed by atoms with Crippen molar-refractivity contribution in [3.8, 4) is 17.2 Å². The molecule has 2 aromatic carbocycles. The summed E-state index contributed by atoms with van der Waals surface area (Å²) in [6.07, 6.45) is 0.851. The summed E-state index contributed by atoms with van der Waals surface area (Å²) in [5.74, 6) is 0.569. The summed E-state index contributed by atoms with van der Waals surface area (Å²) in [5, 5.41) is 20.5. The minimum atomic E-state index is -0.122. The van der Waals surface area contributed by atoms with E-state index < -0.39 is 0 Å². The molecule has 1 amide bonds. The number of aromatic hydroxyl groups is 1. The van der Waals surface area contributed by atoms with Crippen LogP contribution in [0, 0.1) is 6.92 Å². The Morgan fingerprint density at radius 1 is 1.19 bits per heavy atom. The van der Waals surface area contributed by atoms with Crippen LogP contribution >= 0.6 is 11.8 Å². The predicted octanol–water partition coefficient (Wildman–Crippen LogP) is 4.04. The van der Waals surface area contributed by atoms with Gasteiger partial charge in [0.2, 0.25) is 11.8 Å². The first-order chi connectivity index (χ1) is 12.6. The molecule has 0 saturated carbocycles. The number of amides is 1. The van der Waals surface area contributed by atoms with E-state index in [0.717, 1.165) is 23.2 Å². The number of aromatic nitrogens is 2. The number of nitrogens with zero attached hydrogens (tertiary/aromatic N) is 2. The first-order valence-corrected chi connectivity index (χ1v) is 9.19. The Hall–Kier alpha value is -2.80. The zero-order valence-electron chi connectivity index (χ0n) is 14.5. The molecular formula is C19H19N3O3S. The number of aryl methyl sites for hydroxylation is 2. The summed E-state index contributed by atoms with van der Waals surface area (Å²) >= 11 is 1.18. The summed E-state index contributed by atoms with van der Waals surface area (Å²) in [5.41, 5.74) is 3.72. The van der Waals surface area contributed by atoms with Crippen LogP contribution in [0.1, 0.15) is 18.1 Å². The molecule has 6 nitrogen and oxygen atoms in total. The maximum Gasteiger partial charge on any atom is 0.277 e. The molecule has 0 spiro atoms. The van der Waals surface area contributed by atoms with Gasteiger partial charge in [-0.05, 0) is 48.7 Å². The molecule has 0 aliphatic carbocycles. The third kappa shape index (κ3) is 4.23. The van der Waals surface area contributed by atoms with Crippen molar-refractivity contribution < 1.29 is 14.3 Å². The van der Waals surface area contributed by atoms with E-state index in [1.807, 2.05) is 25.1 Å². The summed E-state index contributed by atoms with van der Waals surface area (Å²) in [7, 11) is 0. The molecule has 3 aromatic rings. The number of phenolic OH excluding ortho intramolecular Hbond substituents is 1. The zero-order chi connectivity index (χ0) is 18.5. The van der Waals surface area contributed by atoms with Crippen LogP contribution in [-0.2, 0) is 11.2 Å². The van der Waals surface area contributed by atoms with E-state index in [1.54, 1.807) is 24.3 Å². The van der Waals surface area contributed by atoms with E-state index in [4.69, 9.17) is 4.42 Å². The van der Waals surface area contributed by atoms with Crippen LogP contribution in [0.3, 0.4) is 0 Å². The molecule has 0 radical (unpaired) electrons. The highest BCUT2D eigenvalue weighted by atomic mass is 32.2. The van der Waals surface area contributed by atoms with Crippen LogP contribution in [0.5, 0.6) is 5.75 Å². The lowest BCUT2D eigenvalue weighted by molar-refractivity contribution is -0.113. The Balaban J connectivity index is 1.61. The van der Waals surface area contributed by atoms with E-state index in [0.29, 0.717) is 16.7 Å². The number of hydrogen-bond donors (Lipinski definition) is 2. The number of rotatable bonds is 6. The van der Waals surface area contributed by atoms with Crippen molar-refractivity contribution in [3.63, 3.8) is 0 Å². The molecule has 26 heavy (non-hydrogen) atoms. The molecule has 3 rings (SSSR count). The Morgan fingerprint density at radius 3 is 2.69 bits per heavy atom. The molecule has 0 bridgehead atoms. The van der Waals surface area contributed by atoms with Crippen molar-refractivity contribution >= 4 is 23.4 Å². The number of para-hydroxylation sites is 1. The molecule has 0 aliphatic heterocycles. The second-order valence-electron chi connectivity index (χ2n) is 5.72. The average molecular weight is 369 g/mol. The molecule has 7 heteroatoms. The van der Waals surface area contributed by atoms with Gasteiger partial charge in [-0.2, -0.15) is 0 Å². The maximum atomic E-state index is 12.3. The van der Waals surface area contributed by atoms with Crippen molar-refractivity contribution in [2.24, 2.45) is 0 Å². The van der Waals surface area contributed by atoms with E-state index >= 15 is 0 Å². The minimum Gasteiger partial charge on any atom is -0.508 e. The van der Waals surface area contributed by atoms with Crippen molar-refractivity contribution in [2.45, 2.75) is 25.5 Å². The molecular weight excluding hydrogens is 350 g/mol. The smallest absolute Gasteiger partial charge is 0.277 e. The molecule has 0 unspecified atom stereocenters. The monoisotopic (exact) mass is 369 g/mol. The number of benzene rings is 2. The molecule has 1 heterocycles. The number of carbonyl (C=O) groups is 1. The van der Waals surface area contributed by atoms with Crippen LogP contribution < -0.4 is 5.32 Å². The lowest BCUT2D eigenvalue weighted by Crippen LogP contribution is -2.16. The standard InChI is InChI=1S/C19H19N3O3S/c1-3-13-6-4-5-12(2)17(13)20-16(24)11-26-19-22-21-18(25-19)14-7-9-15(23)10-8-14/h4-10,23H,3,11H2,1-2H3,(H,20,24). The van der Waals surface area contributed by atoms with Crippen LogP contribution in [0.2, 0.25) is 0 Å². The molecule has 0 aliphatic rings. The van der Waals surface area contributed by atoms with E-state index in [1.165, 1.54) is 11.8 Å². The van der Waals surface area contributed by atoms with Crippen LogP contribution in [0.4, 0.5) is 5.69 Å². The quantitative estimate of drug-likeness (QED) is 0.638. The molecule has 0 atom stereocenters. The van der Waals surface area contributed by atoms with Crippen LogP contribution in [0.25, 0.3) is 11.5 Å².